The second-order valence-electron chi connectivity index (χ2n) is 2.72. The van der Waals surface area contributed by atoms with Gasteiger partial charge in [0, 0.05) is 13.0 Å². The van der Waals surface area contributed by atoms with E-state index < -0.39 is 0 Å². The zero-order valence-corrected chi connectivity index (χ0v) is 8.32. The summed E-state index contributed by atoms with van der Waals surface area (Å²) in [6.07, 6.45) is 3.53. The molecule has 1 aliphatic rings. The van der Waals surface area contributed by atoms with Crippen LogP contribution in [-0.2, 0) is 13.0 Å². The highest BCUT2D eigenvalue weighted by molar-refractivity contribution is 9.10. The van der Waals surface area contributed by atoms with Crippen LogP contribution in [0.25, 0.3) is 0 Å². The Morgan fingerprint density at radius 3 is 3.00 bits per heavy atom. The van der Waals surface area contributed by atoms with Crippen LogP contribution in [0.15, 0.2) is 4.60 Å². The summed E-state index contributed by atoms with van der Waals surface area (Å²) < 4.78 is 3.08. The molecule has 1 aliphatic heterocycles. The third-order valence-electron chi connectivity index (χ3n) is 1.98. The molecule has 0 fully saturated rings. The van der Waals surface area contributed by atoms with Gasteiger partial charge in [0.25, 0.3) is 0 Å². The fourth-order valence-electron chi connectivity index (χ4n) is 1.42. The van der Waals surface area contributed by atoms with Crippen LogP contribution in [0.2, 0.25) is 5.15 Å². The maximum Gasteiger partial charge on any atom is 0.161 e. The quantitative estimate of drug-likeness (QED) is 0.676. The first-order valence-corrected chi connectivity index (χ1v) is 4.86. The number of imidazole rings is 1. The van der Waals surface area contributed by atoms with Crippen molar-refractivity contribution in [2.45, 2.75) is 25.8 Å². The maximum absolute atomic E-state index is 5.84. The summed E-state index contributed by atoms with van der Waals surface area (Å²) in [5, 5.41) is 0.599. The molecule has 2 rings (SSSR count). The number of hydrogen-bond acceptors (Lipinski definition) is 1. The molecule has 0 amide bonds. The SMILES string of the molecule is Clc1nc2n(c1Br)CCCC2. The van der Waals surface area contributed by atoms with Gasteiger partial charge in [-0.1, -0.05) is 11.6 Å². The number of rotatable bonds is 0. The Hall–Kier alpha value is -0.0200. The predicted octanol–water partition coefficient (Wildman–Crippen LogP) is 2.64. The van der Waals surface area contributed by atoms with Crippen LogP contribution in [0.5, 0.6) is 0 Å². The Morgan fingerprint density at radius 1 is 1.45 bits per heavy atom. The van der Waals surface area contributed by atoms with Crippen molar-refractivity contribution in [3.8, 4) is 0 Å². The molecule has 1 aromatic heterocycles. The summed E-state index contributed by atoms with van der Waals surface area (Å²) in [4.78, 5) is 4.23. The molecule has 0 atom stereocenters. The van der Waals surface area contributed by atoms with Crippen molar-refractivity contribution in [3.05, 3.63) is 15.6 Å². The maximum atomic E-state index is 5.84. The molecule has 4 heteroatoms. The first-order chi connectivity index (χ1) is 5.29. The molecule has 0 saturated carbocycles. The largest absolute Gasteiger partial charge is 0.321 e. The highest BCUT2D eigenvalue weighted by Crippen LogP contribution is 2.27. The van der Waals surface area contributed by atoms with Crippen molar-refractivity contribution in [1.29, 1.82) is 0 Å². The molecular formula is C7H8BrClN2. The molecule has 0 aliphatic carbocycles. The first-order valence-electron chi connectivity index (χ1n) is 3.69. The molecule has 0 bridgehead atoms. The van der Waals surface area contributed by atoms with E-state index in [1.807, 2.05) is 0 Å². The topological polar surface area (TPSA) is 17.8 Å². The Kier molecular flexibility index (Phi) is 1.93. The zero-order chi connectivity index (χ0) is 7.84. The van der Waals surface area contributed by atoms with Gasteiger partial charge in [-0.3, -0.25) is 0 Å². The van der Waals surface area contributed by atoms with E-state index in [-0.39, 0.29) is 0 Å². The monoisotopic (exact) mass is 234 g/mol. The van der Waals surface area contributed by atoms with Crippen LogP contribution in [-0.4, -0.2) is 9.55 Å². The number of nitrogens with zero attached hydrogens (tertiary/aromatic N) is 2. The van der Waals surface area contributed by atoms with E-state index in [4.69, 9.17) is 11.6 Å². The van der Waals surface area contributed by atoms with Crippen molar-refractivity contribution < 1.29 is 0 Å². The Morgan fingerprint density at radius 2 is 2.27 bits per heavy atom. The average molecular weight is 236 g/mol. The summed E-state index contributed by atoms with van der Waals surface area (Å²) in [5.74, 6) is 1.12. The number of halogens is 2. The van der Waals surface area contributed by atoms with Gasteiger partial charge < -0.3 is 4.57 Å². The van der Waals surface area contributed by atoms with Gasteiger partial charge in [-0.25, -0.2) is 4.98 Å². The van der Waals surface area contributed by atoms with Crippen molar-refractivity contribution in [2.24, 2.45) is 0 Å². The second kappa shape index (κ2) is 2.79. The van der Waals surface area contributed by atoms with E-state index in [0.29, 0.717) is 5.15 Å². The lowest BCUT2D eigenvalue weighted by molar-refractivity contribution is 0.516. The molecule has 0 N–H and O–H groups in total. The van der Waals surface area contributed by atoms with Crippen molar-refractivity contribution >= 4 is 27.5 Å². The minimum absolute atomic E-state index is 0.599. The third-order valence-corrected chi connectivity index (χ3v) is 3.27. The molecule has 2 nitrogen and oxygen atoms in total. The zero-order valence-electron chi connectivity index (χ0n) is 5.98. The lowest BCUT2D eigenvalue weighted by Crippen LogP contribution is -2.10. The van der Waals surface area contributed by atoms with Crippen LogP contribution in [0.1, 0.15) is 18.7 Å². The molecule has 0 radical (unpaired) electrons. The minimum atomic E-state index is 0.599. The molecule has 11 heavy (non-hydrogen) atoms. The Labute approximate surface area is 78.7 Å². The molecule has 1 aromatic rings. The second-order valence-corrected chi connectivity index (χ2v) is 3.83. The number of fused-ring (bicyclic) bond motifs is 1. The highest BCUT2D eigenvalue weighted by atomic mass is 79.9. The molecule has 0 unspecified atom stereocenters. The average Bonchev–Trinajstić information content (AvgIpc) is 2.30. The standard InChI is InChI=1S/C7H8BrClN2/c8-6-7(9)10-5-3-1-2-4-11(5)6/h1-4H2. The van der Waals surface area contributed by atoms with E-state index in [2.05, 4.69) is 25.5 Å². The summed E-state index contributed by atoms with van der Waals surface area (Å²) in [6, 6.07) is 0. The Balaban J connectivity index is 2.50. The van der Waals surface area contributed by atoms with Gasteiger partial charge in [-0.05, 0) is 28.8 Å². The van der Waals surface area contributed by atoms with Crippen LogP contribution in [0, 0.1) is 0 Å². The summed E-state index contributed by atoms with van der Waals surface area (Å²) in [6.45, 7) is 1.05. The van der Waals surface area contributed by atoms with Crippen molar-refractivity contribution in [1.82, 2.24) is 9.55 Å². The predicted molar refractivity (Wildman–Crippen MR) is 47.9 cm³/mol. The van der Waals surface area contributed by atoms with E-state index in [9.17, 15) is 0 Å². The fraction of sp³-hybridized carbons (Fsp3) is 0.571. The summed E-state index contributed by atoms with van der Waals surface area (Å²) in [7, 11) is 0. The number of hydrogen-bond donors (Lipinski definition) is 0. The van der Waals surface area contributed by atoms with Gasteiger partial charge in [-0.2, -0.15) is 0 Å². The summed E-state index contributed by atoms with van der Waals surface area (Å²) in [5.41, 5.74) is 0. The third kappa shape index (κ3) is 1.20. The van der Waals surface area contributed by atoms with E-state index in [0.717, 1.165) is 23.4 Å². The molecule has 2 heterocycles. The lowest BCUT2D eigenvalue weighted by Gasteiger charge is -2.13. The van der Waals surface area contributed by atoms with E-state index in [1.165, 1.54) is 12.8 Å². The van der Waals surface area contributed by atoms with Crippen LogP contribution in [0.4, 0.5) is 0 Å². The molecule has 60 valence electrons. The molecule has 0 aromatic carbocycles. The molecule has 0 spiro atoms. The minimum Gasteiger partial charge on any atom is -0.321 e. The van der Waals surface area contributed by atoms with Crippen LogP contribution in [0.3, 0.4) is 0 Å². The first kappa shape index (κ1) is 7.62. The van der Waals surface area contributed by atoms with Gasteiger partial charge in [-0.15, -0.1) is 0 Å². The van der Waals surface area contributed by atoms with Crippen LogP contribution < -0.4 is 0 Å². The van der Waals surface area contributed by atoms with Crippen LogP contribution >= 0.6 is 27.5 Å². The van der Waals surface area contributed by atoms with Gasteiger partial charge in [0.05, 0.1) is 0 Å². The van der Waals surface area contributed by atoms with E-state index in [1.54, 1.807) is 0 Å². The highest BCUT2D eigenvalue weighted by Gasteiger charge is 2.15. The van der Waals surface area contributed by atoms with Crippen molar-refractivity contribution in [2.75, 3.05) is 0 Å². The van der Waals surface area contributed by atoms with E-state index >= 15 is 0 Å². The number of aryl methyl sites for hydroxylation is 1. The van der Waals surface area contributed by atoms with Crippen molar-refractivity contribution in [3.63, 3.8) is 0 Å². The lowest BCUT2D eigenvalue weighted by atomic mass is 10.2. The van der Waals surface area contributed by atoms with Gasteiger partial charge >= 0.3 is 0 Å². The Bertz CT molecular complexity index is 282. The van der Waals surface area contributed by atoms with Gasteiger partial charge in [0.15, 0.2) is 5.15 Å². The summed E-state index contributed by atoms with van der Waals surface area (Å²) >= 11 is 9.25. The van der Waals surface area contributed by atoms with Gasteiger partial charge in [0.2, 0.25) is 0 Å². The smallest absolute Gasteiger partial charge is 0.161 e. The number of aromatic nitrogens is 2. The molecular weight excluding hydrogens is 227 g/mol. The fourth-order valence-corrected chi connectivity index (χ4v) is 2.09. The normalized spacial score (nSPS) is 16.5. The van der Waals surface area contributed by atoms with Gasteiger partial charge in [0.1, 0.15) is 10.4 Å². The molecule has 0 saturated heterocycles.